The van der Waals surface area contributed by atoms with Crippen molar-refractivity contribution in [2.24, 2.45) is 0 Å². The van der Waals surface area contributed by atoms with Crippen molar-refractivity contribution in [2.75, 3.05) is 18.9 Å². The van der Waals surface area contributed by atoms with Crippen molar-refractivity contribution < 1.29 is 82.6 Å². The molecule has 2 fully saturated rings. The molecule has 43 heavy (non-hydrogen) atoms. The number of phosphoric ester groups is 2. The highest BCUT2D eigenvalue weighted by Crippen LogP contribution is 2.57. The second-order valence-corrected chi connectivity index (χ2v) is 12.3. The summed E-state index contributed by atoms with van der Waals surface area (Å²) in [6, 6.07) is 0. The number of nitrogens with zero attached hydrogens (tertiary/aromatic N) is 3. The average Bonchev–Trinajstić information content (AvgIpc) is 3.46. The lowest BCUT2D eigenvalue weighted by Crippen LogP contribution is -2.63. The molecule has 11 N–H and O–H groups in total. The zero-order chi connectivity index (χ0) is 32.0. The van der Waals surface area contributed by atoms with Gasteiger partial charge in [0.05, 0.1) is 19.5 Å². The Morgan fingerprint density at radius 1 is 1.05 bits per heavy atom. The first kappa shape index (κ1) is 33.9. The van der Waals surface area contributed by atoms with E-state index in [0.717, 1.165) is 10.9 Å². The molecule has 0 saturated carbocycles. The van der Waals surface area contributed by atoms with Crippen LogP contribution < -0.4 is 21.1 Å². The predicted molar refractivity (Wildman–Crippen MR) is 128 cm³/mol. The van der Waals surface area contributed by atoms with E-state index in [0.29, 0.717) is 0 Å². The highest BCUT2D eigenvalue weighted by molar-refractivity contribution is 7.59. The number of hydrogen-bond acceptors (Lipinski definition) is 21. The Morgan fingerprint density at radius 3 is 2.37 bits per heavy atom. The van der Waals surface area contributed by atoms with Gasteiger partial charge in [-0.15, -0.1) is 0 Å². The molecule has 4 rings (SSSR count). The van der Waals surface area contributed by atoms with Crippen LogP contribution in [0.15, 0.2) is 11.1 Å². The van der Waals surface area contributed by atoms with Gasteiger partial charge >= 0.3 is 0 Å². The highest BCUT2D eigenvalue weighted by atomic mass is 31.3. The Morgan fingerprint density at radius 2 is 1.72 bits per heavy atom. The number of aromatic nitrogens is 4. The van der Waals surface area contributed by atoms with Crippen LogP contribution in [0.25, 0.3) is 11.2 Å². The molecule has 13 atom stereocenters. The molecular weight excluding hydrogens is 636 g/mol. The summed E-state index contributed by atoms with van der Waals surface area (Å²) in [5.74, 6) is -0.313. The second-order valence-electron chi connectivity index (χ2n) is 9.38. The van der Waals surface area contributed by atoms with Gasteiger partial charge in [0.2, 0.25) is 5.95 Å². The third kappa shape index (κ3) is 7.13. The quantitative estimate of drug-likeness (QED) is 0.0998. The lowest BCUT2D eigenvalue weighted by molar-refractivity contribution is -0.316. The molecule has 0 radical (unpaired) electrons. The molecule has 0 spiro atoms. The number of nitrogens with one attached hydrogen (secondary N) is 1. The Kier molecular flexibility index (Phi) is 10.1. The molecule has 0 aliphatic carbocycles. The van der Waals surface area contributed by atoms with Crippen LogP contribution in [-0.4, -0.2) is 135 Å². The first-order valence-corrected chi connectivity index (χ1v) is 15.0. The Bertz CT molecular complexity index is 1440. The fourth-order valence-electron chi connectivity index (χ4n) is 4.25. The minimum atomic E-state index is -6.07. The van der Waals surface area contributed by atoms with Crippen molar-refractivity contribution in [1.82, 2.24) is 19.5 Å². The summed E-state index contributed by atoms with van der Waals surface area (Å²) in [6.07, 6.45) is -21.1. The molecule has 2 aliphatic heterocycles. The molecule has 244 valence electrons. The van der Waals surface area contributed by atoms with E-state index in [1.165, 1.54) is 0 Å². The normalized spacial score (nSPS) is 35.8. The summed E-state index contributed by atoms with van der Waals surface area (Å²) in [6.45, 7) is -2.20. The summed E-state index contributed by atoms with van der Waals surface area (Å²) in [5.41, 5.74) is 4.42. The molecule has 2 aliphatic rings. The maximum absolute atomic E-state index is 12.3. The monoisotopic (exact) mass is 663 g/mol. The number of H-pyrrole nitrogens is 1. The van der Waals surface area contributed by atoms with Gasteiger partial charge in [-0.05, 0) is 0 Å². The number of rotatable bonds is 11. The van der Waals surface area contributed by atoms with Crippen molar-refractivity contribution in [3.8, 4) is 0 Å². The molecule has 4 heterocycles. The van der Waals surface area contributed by atoms with Crippen molar-refractivity contribution in [3.63, 3.8) is 0 Å². The zero-order valence-electron chi connectivity index (χ0n) is 21.3. The number of fused-ring (bicyclic) bond motifs is 1. The summed E-state index contributed by atoms with van der Waals surface area (Å²) in [7, 11) is -12.0. The highest BCUT2D eigenvalue weighted by Gasteiger charge is 2.50. The van der Waals surface area contributed by atoms with E-state index < -0.39 is 102 Å². The molecule has 25 heteroatoms. The van der Waals surface area contributed by atoms with Crippen LogP contribution in [0, 0.1) is 0 Å². The predicted octanol–water partition coefficient (Wildman–Crippen LogP) is -7.17. The lowest BCUT2D eigenvalue weighted by atomic mass is 9.93. The standard InChI is InChI=1S/C18H29N5O18P2/c19-18-21-14-6(15(32)22-18)20-3-23(14)16-11(30)8(27)5(38-16)2-37-42(33,34)41-43(35,36)40-17-12(31)9(28)10(29)13(39-17)7(26)4(25)1-24/h3-5,7-13,16-17,24-31H,1-2H2,(H,33,34)(H,35,36)(H3,19,21,22,32)/p-2/t4-,5-,7-,8-,9+,10+,11-,12-,13-,16-,17-/m1/s1. The van der Waals surface area contributed by atoms with Crippen LogP contribution in [0.2, 0.25) is 0 Å². The number of aliphatic hydroxyl groups excluding tert-OH is 8. The molecule has 2 unspecified atom stereocenters. The van der Waals surface area contributed by atoms with E-state index in [2.05, 4.69) is 28.3 Å². The van der Waals surface area contributed by atoms with Crippen LogP contribution >= 0.6 is 15.6 Å². The van der Waals surface area contributed by atoms with E-state index in [4.69, 9.17) is 20.3 Å². The van der Waals surface area contributed by atoms with Crippen LogP contribution in [0.1, 0.15) is 6.23 Å². The Balaban J connectivity index is 1.40. The average molecular weight is 663 g/mol. The molecule has 2 aromatic rings. The lowest BCUT2D eigenvalue weighted by Gasteiger charge is -2.44. The number of nitrogen functional groups attached to an aromatic ring is 1. The second kappa shape index (κ2) is 12.8. The molecule has 2 aromatic heterocycles. The molecule has 23 nitrogen and oxygen atoms in total. The number of aromatic amines is 1. The van der Waals surface area contributed by atoms with Gasteiger partial charge in [0.15, 0.2) is 23.7 Å². The van der Waals surface area contributed by atoms with Crippen molar-refractivity contribution in [1.29, 1.82) is 0 Å². The Hall–Kier alpha value is -1.99. The van der Waals surface area contributed by atoms with Gasteiger partial charge in [-0.25, -0.2) is 9.29 Å². The summed E-state index contributed by atoms with van der Waals surface area (Å²) in [4.78, 5) is 46.4. The zero-order valence-corrected chi connectivity index (χ0v) is 23.1. The maximum atomic E-state index is 12.3. The van der Waals surface area contributed by atoms with Crippen LogP contribution in [-0.2, 0) is 32.0 Å². The summed E-state index contributed by atoms with van der Waals surface area (Å²) in [5, 5.41) is 79.2. The van der Waals surface area contributed by atoms with Gasteiger partial charge in [0.25, 0.3) is 21.2 Å². The first-order valence-electron chi connectivity index (χ1n) is 12.0. The third-order valence-corrected chi connectivity index (χ3v) is 8.95. The first-order chi connectivity index (χ1) is 20.0. The van der Waals surface area contributed by atoms with E-state index in [1.807, 2.05) is 0 Å². The van der Waals surface area contributed by atoms with E-state index in [-0.39, 0.29) is 17.1 Å². The molecule has 2 saturated heterocycles. The minimum Gasteiger partial charge on any atom is -0.756 e. The number of imidazole rings is 1. The van der Waals surface area contributed by atoms with Gasteiger partial charge in [-0.2, -0.15) is 4.98 Å². The van der Waals surface area contributed by atoms with Crippen LogP contribution in [0.3, 0.4) is 0 Å². The van der Waals surface area contributed by atoms with Crippen molar-refractivity contribution in [2.45, 2.75) is 67.5 Å². The van der Waals surface area contributed by atoms with Crippen LogP contribution in [0.4, 0.5) is 5.95 Å². The number of anilines is 1. The van der Waals surface area contributed by atoms with Crippen molar-refractivity contribution >= 4 is 32.8 Å². The van der Waals surface area contributed by atoms with E-state index in [1.54, 1.807) is 0 Å². The third-order valence-electron chi connectivity index (χ3n) is 6.42. The largest absolute Gasteiger partial charge is 0.756 e. The SMILES string of the molecule is Nc1nc2c(ncn2[C@@H]2O[C@H](COP(=O)([O-])OP(=O)([O-])O[C@H]3O[C@H]([C@H](O)[C@H](O)CO)[C@@H](O)[C@H](O)[C@H]3O)[C@@H](O)[C@H]2O)c(=O)[nH]1. The summed E-state index contributed by atoms with van der Waals surface area (Å²) >= 11 is 0. The van der Waals surface area contributed by atoms with Crippen molar-refractivity contribution in [3.05, 3.63) is 16.7 Å². The number of aliphatic hydroxyl groups is 8. The minimum absolute atomic E-state index is 0.160. The van der Waals surface area contributed by atoms with Gasteiger partial charge in [-0.3, -0.25) is 28.0 Å². The van der Waals surface area contributed by atoms with Gasteiger partial charge in [-0.1, -0.05) is 0 Å². The fraction of sp³-hybridized carbons (Fsp3) is 0.722. The summed E-state index contributed by atoms with van der Waals surface area (Å²) < 4.78 is 48.5. The molecular formula is C18H27N5O18P2-2. The van der Waals surface area contributed by atoms with Gasteiger partial charge in [0, 0.05) is 0 Å². The van der Waals surface area contributed by atoms with Gasteiger partial charge in [0.1, 0.15) is 54.9 Å². The smallest absolute Gasteiger partial charge is 0.280 e. The molecule has 0 amide bonds. The fourth-order valence-corrected chi connectivity index (χ4v) is 6.33. The molecule has 0 bridgehead atoms. The number of nitrogens with two attached hydrogens (primary N) is 1. The topological polar surface area (TPSA) is 378 Å². The van der Waals surface area contributed by atoms with E-state index >= 15 is 0 Å². The maximum Gasteiger partial charge on any atom is 0.280 e. The van der Waals surface area contributed by atoms with Crippen LogP contribution in [0.5, 0.6) is 0 Å². The Labute approximate surface area is 238 Å². The molecule has 0 aromatic carbocycles. The number of hydrogen-bond donors (Lipinski definition) is 10. The number of phosphoric acid groups is 2. The van der Waals surface area contributed by atoms with Gasteiger partial charge < -0.3 is 70.4 Å². The number of ether oxygens (including phenoxy) is 2. The van der Waals surface area contributed by atoms with E-state index in [9.17, 15) is 59.5 Å².